The fraction of sp³-hybridized carbons (Fsp3) is 0.364. The molecule has 0 unspecified atom stereocenters. The summed E-state index contributed by atoms with van der Waals surface area (Å²) in [5.74, 6) is 0.112. The number of anilines is 1. The third-order valence-corrected chi connectivity index (χ3v) is 4.89. The van der Waals surface area contributed by atoms with Crippen molar-refractivity contribution in [2.75, 3.05) is 12.4 Å². The molecular weight excluding hydrogens is 342 g/mol. The molecule has 0 radical (unpaired) electrons. The van der Waals surface area contributed by atoms with Crippen LogP contribution >= 0.6 is 0 Å². The number of carbonyl (C=O) groups excluding carboxylic acids is 2. The molecule has 5 nitrogen and oxygen atoms in total. The largest absolute Gasteiger partial charge is 0.497 e. The van der Waals surface area contributed by atoms with Crippen molar-refractivity contribution >= 4 is 17.4 Å². The Bertz CT molecular complexity index is 758. The van der Waals surface area contributed by atoms with Gasteiger partial charge in [-0.05, 0) is 42.7 Å². The summed E-state index contributed by atoms with van der Waals surface area (Å²) in [5.41, 5.74) is 1.68. The average Bonchev–Trinajstić information content (AvgIpc) is 2.72. The summed E-state index contributed by atoms with van der Waals surface area (Å²) in [4.78, 5) is 25.3. The van der Waals surface area contributed by atoms with E-state index in [-0.39, 0.29) is 18.3 Å². The highest BCUT2D eigenvalue weighted by molar-refractivity contribution is 5.91. The minimum atomic E-state index is -0.685. The average molecular weight is 367 g/mol. The van der Waals surface area contributed by atoms with E-state index in [1.165, 1.54) is 0 Å². The summed E-state index contributed by atoms with van der Waals surface area (Å²) in [5, 5.41) is 3.22. The van der Waals surface area contributed by atoms with Gasteiger partial charge >= 0.3 is 5.97 Å². The van der Waals surface area contributed by atoms with E-state index >= 15 is 0 Å². The number of benzene rings is 2. The first-order valence-electron chi connectivity index (χ1n) is 9.31. The number of ketones is 1. The van der Waals surface area contributed by atoms with Gasteiger partial charge in [0.15, 0.2) is 0 Å². The van der Waals surface area contributed by atoms with Crippen LogP contribution in [0, 0.1) is 5.92 Å². The Kier molecular flexibility index (Phi) is 6.47. The van der Waals surface area contributed by atoms with Crippen molar-refractivity contribution < 1.29 is 19.1 Å². The van der Waals surface area contributed by atoms with Crippen molar-refractivity contribution in [2.24, 2.45) is 5.92 Å². The highest BCUT2D eigenvalue weighted by Gasteiger charge is 2.36. The van der Waals surface area contributed by atoms with Crippen molar-refractivity contribution in [3.63, 3.8) is 0 Å². The van der Waals surface area contributed by atoms with E-state index in [2.05, 4.69) is 5.32 Å². The summed E-state index contributed by atoms with van der Waals surface area (Å²) in [6, 6.07) is 16.2. The number of hydrogen-bond donors (Lipinski definition) is 1. The molecule has 3 rings (SSSR count). The second-order valence-corrected chi connectivity index (χ2v) is 6.76. The first-order chi connectivity index (χ1) is 13.2. The molecule has 1 fully saturated rings. The summed E-state index contributed by atoms with van der Waals surface area (Å²) in [7, 11) is 1.60. The van der Waals surface area contributed by atoms with E-state index in [4.69, 9.17) is 9.47 Å². The monoisotopic (exact) mass is 367 g/mol. The Balaban J connectivity index is 1.73. The molecule has 2 aromatic carbocycles. The molecule has 0 heterocycles. The number of Topliss-reactive ketones (excluding diaryl/α,β-unsaturated/α-hetero) is 1. The van der Waals surface area contributed by atoms with E-state index in [1.54, 1.807) is 7.11 Å². The molecular formula is C22H25NO4. The molecule has 1 N–H and O–H groups in total. The van der Waals surface area contributed by atoms with Crippen molar-refractivity contribution in [3.05, 3.63) is 60.2 Å². The SMILES string of the molecule is COc1ccc(N[C@H](C(=O)OCc2ccccc2)[C@H]2CCCCC2=O)cc1. The van der Waals surface area contributed by atoms with E-state index < -0.39 is 12.0 Å². The Labute approximate surface area is 159 Å². The van der Waals surface area contributed by atoms with E-state index in [9.17, 15) is 9.59 Å². The zero-order valence-corrected chi connectivity index (χ0v) is 15.5. The predicted octanol–water partition coefficient (Wildman–Crippen LogP) is 3.98. The minimum Gasteiger partial charge on any atom is -0.497 e. The lowest BCUT2D eigenvalue weighted by molar-refractivity contribution is -0.149. The van der Waals surface area contributed by atoms with Gasteiger partial charge in [0.1, 0.15) is 24.2 Å². The number of hydrogen-bond acceptors (Lipinski definition) is 5. The molecule has 142 valence electrons. The maximum absolute atomic E-state index is 12.8. The van der Waals surface area contributed by atoms with Crippen LogP contribution in [-0.2, 0) is 20.9 Å². The molecule has 27 heavy (non-hydrogen) atoms. The van der Waals surface area contributed by atoms with Gasteiger partial charge in [0.05, 0.1) is 7.11 Å². The Morgan fingerprint density at radius 3 is 2.52 bits per heavy atom. The molecule has 2 aromatic rings. The molecule has 1 aliphatic carbocycles. The first-order valence-corrected chi connectivity index (χ1v) is 9.31. The van der Waals surface area contributed by atoms with Gasteiger partial charge in [-0.2, -0.15) is 0 Å². The molecule has 1 saturated carbocycles. The third-order valence-electron chi connectivity index (χ3n) is 4.89. The normalized spacial score (nSPS) is 17.8. The van der Waals surface area contributed by atoms with Gasteiger partial charge < -0.3 is 14.8 Å². The lowest BCUT2D eigenvalue weighted by Crippen LogP contribution is -2.43. The summed E-state index contributed by atoms with van der Waals surface area (Å²) in [6.07, 6.45) is 3.07. The zero-order chi connectivity index (χ0) is 19.1. The second kappa shape index (κ2) is 9.21. The van der Waals surface area contributed by atoms with Crippen molar-refractivity contribution in [1.82, 2.24) is 0 Å². The highest BCUT2D eigenvalue weighted by atomic mass is 16.5. The van der Waals surface area contributed by atoms with Gasteiger partial charge in [0, 0.05) is 18.0 Å². The fourth-order valence-electron chi connectivity index (χ4n) is 3.37. The minimum absolute atomic E-state index is 0.129. The smallest absolute Gasteiger partial charge is 0.329 e. The van der Waals surface area contributed by atoms with Gasteiger partial charge in [0.25, 0.3) is 0 Å². The number of esters is 1. The molecule has 0 aromatic heterocycles. The third kappa shape index (κ3) is 5.09. The first kappa shape index (κ1) is 19.0. The molecule has 1 aliphatic rings. The summed E-state index contributed by atoms with van der Waals surface area (Å²) >= 11 is 0. The van der Waals surface area contributed by atoms with E-state index in [1.807, 2.05) is 54.6 Å². The van der Waals surface area contributed by atoms with Crippen LogP contribution in [0.3, 0.4) is 0 Å². The Morgan fingerprint density at radius 2 is 1.85 bits per heavy atom. The van der Waals surface area contributed by atoms with E-state index in [0.717, 1.165) is 29.8 Å². The Morgan fingerprint density at radius 1 is 1.11 bits per heavy atom. The molecule has 0 bridgehead atoms. The van der Waals surface area contributed by atoms with Gasteiger partial charge in [-0.1, -0.05) is 36.8 Å². The maximum Gasteiger partial charge on any atom is 0.329 e. The van der Waals surface area contributed by atoms with E-state index in [0.29, 0.717) is 12.8 Å². The van der Waals surface area contributed by atoms with Crippen molar-refractivity contribution in [2.45, 2.75) is 38.3 Å². The maximum atomic E-state index is 12.8. The van der Waals surface area contributed by atoms with Crippen LogP contribution in [0.5, 0.6) is 5.75 Å². The van der Waals surface area contributed by atoms with Gasteiger partial charge in [-0.25, -0.2) is 4.79 Å². The highest BCUT2D eigenvalue weighted by Crippen LogP contribution is 2.27. The molecule has 2 atom stereocenters. The van der Waals surface area contributed by atoms with Gasteiger partial charge in [-0.3, -0.25) is 4.79 Å². The van der Waals surface area contributed by atoms with Crippen molar-refractivity contribution in [1.29, 1.82) is 0 Å². The quantitative estimate of drug-likeness (QED) is 0.750. The number of nitrogens with one attached hydrogen (secondary N) is 1. The van der Waals surface area contributed by atoms with Crippen LogP contribution in [0.25, 0.3) is 0 Å². The molecule has 0 aliphatic heterocycles. The van der Waals surface area contributed by atoms with Crippen LogP contribution in [0.15, 0.2) is 54.6 Å². The lowest BCUT2D eigenvalue weighted by Gasteiger charge is -2.29. The number of ether oxygens (including phenoxy) is 2. The number of methoxy groups -OCH3 is 1. The van der Waals surface area contributed by atoms with Gasteiger partial charge in [0.2, 0.25) is 0 Å². The second-order valence-electron chi connectivity index (χ2n) is 6.76. The predicted molar refractivity (Wildman–Crippen MR) is 104 cm³/mol. The molecule has 0 saturated heterocycles. The van der Waals surface area contributed by atoms with Crippen LogP contribution in [-0.4, -0.2) is 24.9 Å². The Hall–Kier alpha value is -2.82. The van der Waals surface area contributed by atoms with Crippen LogP contribution < -0.4 is 10.1 Å². The van der Waals surface area contributed by atoms with Crippen LogP contribution in [0.1, 0.15) is 31.2 Å². The van der Waals surface area contributed by atoms with Crippen molar-refractivity contribution in [3.8, 4) is 5.75 Å². The molecule has 5 heteroatoms. The number of carbonyl (C=O) groups is 2. The van der Waals surface area contributed by atoms with Gasteiger partial charge in [-0.15, -0.1) is 0 Å². The number of rotatable bonds is 7. The fourth-order valence-corrected chi connectivity index (χ4v) is 3.37. The van der Waals surface area contributed by atoms with Crippen LogP contribution in [0.2, 0.25) is 0 Å². The standard InChI is InChI=1S/C22H25NO4/c1-26-18-13-11-17(12-14-18)23-21(19-9-5-6-10-20(19)24)22(25)27-15-16-7-3-2-4-8-16/h2-4,7-8,11-14,19,21,23H,5-6,9-10,15H2,1H3/t19-,21-/m0/s1. The lowest BCUT2D eigenvalue weighted by atomic mass is 9.82. The summed E-state index contributed by atoms with van der Waals surface area (Å²) in [6.45, 7) is 0.196. The summed E-state index contributed by atoms with van der Waals surface area (Å²) < 4.78 is 10.7. The topological polar surface area (TPSA) is 64.6 Å². The molecule has 0 amide bonds. The zero-order valence-electron chi connectivity index (χ0n) is 15.5. The van der Waals surface area contributed by atoms with Crippen LogP contribution in [0.4, 0.5) is 5.69 Å². The molecule has 0 spiro atoms.